The maximum Gasteiger partial charge on any atom is 0.133 e. The monoisotopic (exact) mass is 213 g/mol. The Morgan fingerprint density at radius 2 is 2.00 bits per heavy atom. The Morgan fingerprint density at radius 3 is 2.40 bits per heavy atom. The molecule has 0 bridgehead atoms. The van der Waals surface area contributed by atoms with Crippen molar-refractivity contribution in [3.63, 3.8) is 0 Å². The number of hydrogen-bond donors (Lipinski definition) is 1. The van der Waals surface area contributed by atoms with Crippen LogP contribution in [0.2, 0.25) is 0 Å². The van der Waals surface area contributed by atoms with Gasteiger partial charge in [0.1, 0.15) is 17.4 Å². The minimum Gasteiger partial charge on any atom is -0.497 e. The zero-order valence-electron chi connectivity index (χ0n) is 8.47. The molecule has 82 valence electrons. The number of benzene rings is 1. The van der Waals surface area contributed by atoms with E-state index in [9.17, 15) is 8.78 Å². The van der Waals surface area contributed by atoms with Crippen molar-refractivity contribution in [1.82, 2.24) is 0 Å². The van der Waals surface area contributed by atoms with Gasteiger partial charge in [0.25, 0.3) is 0 Å². The van der Waals surface area contributed by atoms with Gasteiger partial charge in [-0.2, -0.15) is 0 Å². The molecule has 15 heavy (non-hydrogen) atoms. The Labute approximate surface area is 87.0 Å². The lowest BCUT2D eigenvalue weighted by Crippen LogP contribution is -2.04. The van der Waals surface area contributed by atoms with E-state index in [0.29, 0.717) is 6.54 Å². The summed E-state index contributed by atoms with van der Waals surface area (Å²) < 4.78 is 31.9. The van der Waals surface area contributed by atoms with E-state index >= 15 is 0 Å². The zero-order valence-corrected chi connectivity index (χ0v) is 8.47. The summed E-state index contributed by atoms with van der Waals surface area (Å²) in [5.41, 5.74) is 5.61. The van der Waals surface area contributed by atoms with Crippen LogP contribution in [-0.2, 0) is 0 Å². The average molecular weight is 213 g/mol. The Morgan fingerprint density at radius 1 is 1.40 bits per heavy atom. The quantitative estimate of drug-likeness (QED) is 0.833. The van der Waals surface area contributed by atoms with Crippen molar-refractivity contribution in [2.45, 2.75) is 12.3 Å². The molecule has 1 aliphatic carbocycles. The highest BCUT2D eigenvalue weighted by molar-refractivity contribution is 5.35. The molecular weight excluding hydrogens is 200 g/mol. The van der Waals surface area contributed by atoms with E-state index in [1.54, 1.807) is 0 Å². The molecule has 2 nitrogen and oxygen atoms in total. The molecule has 1 aromatic carbocycles. The van der Waals surface area contributed by atoms with Crippen molar-refractivity contribution in [2.24, 2.45) is 11.7 Å². The highest BCUT2D eigenvalue weighted by atomic mass is 19.1. The smallest absolute Gasteiger partial charge is 0.133 e. The van der Waals surface area contributed by atoms with Gasteiger partial charge in [-0.15, -0.1) is 0 Å². The Hall–Kier alpha value is -1.16. The third-order valence-electron chi connectivity index (χ3n) is 2.88. The SMILES string of the molecule is COc1cc(F)c([C@@H]2C[C@H]2CN)c(F)c1. The third-order valence-corrected chi connectivity index (χ3v) is 2.88. The van der Waals surface area contributed by atoms with Gasteiger partial charge in [-0.3, -0.25) is 0 Å². The molecular formula is C11H13F2NO. The van der Waals surface area contributed by atoms with E-state index in [1.807, 2.05) is 0 Å². The first-order valence-corrected chi connectivity index (χ1v) is 4.90. The van der Waals surface area contributed by atoms with Gasteiger partial charge in [0, 0.05) is 17.7 Å². The largest absolute Gasteiger partial charge is 0.497 e. The van der Waals surface area contributed by atoms with E-state index in [1.165, 1.54) is 19.2 Å². The maximum absolute atomic E-state index is 13.5. The summed E-state index contributed by atoms with van der Waals surface area (Å²) in [5, 5.41) is 0. The summed E-state index contributed by atoms with van der Waals surface area (Å²) in [4.78, 5) is 0. The minimum atomic E-state index is -0.534. The molecule has 0 aliphatic heterocycles. The summed E-state index contributed by atoms with van der Waals surface area (Å²) in [6, 6.07) is 2.43. The van der Waals surface area contributed by atoms with Crippen molar-refractivity contribution in [1.29, 1.82) is 0 Å². The number of nitrogens with two attached hydrogens (primary N) is 1. The van der Waals surface area contributed by atoms with Crippen LogP contribution in [0.3, 0.4) is 0 Å². The molecule has 0 heterocycles. The summed E-state index contributed by atoms with van der Waals surface area (Å²) in [6.45, 7) is 0.482. The molecule has 0 saturated heterocycles. The lowest BCUT2D eigenvalue weighted by atomic mass is 10.1. The second-order valence-electron chi connectivity index (χ2n) is 3.84. The molecule has 0 aromatic heterocycles. The van der Waals surface area contributed by atoms with Gasteiger partial charge < -0.3 is 10.5 Å². The van der Waals surface area contributed by atoms with E-state index in [4.69, 9.17) is 10.5 Å². The first kappa shape index (κ1) is 10.4. The highest BCUT2D eigenvalue weighted by Gasteiger charge is 2.40. The predicted octanol–water partition coefficient (Wildman–Crippen LogP) is 2.04. The molecule has 2 rings (SSSR count). The summed E-state index contributed by atoms with van der Waals surface area (Å²) in [5.74, 6) is -0.692. The summed E-state index contributed by atoms with van der Waals surface area (Å²) in [7, 11) is 1.38. The van der Waals surface area contributed by atoms with Gasteiger partial charge in [0.15, 0.2) is 0 Å². The van der Waals surface area contributed by atoms with Gasteiger partial charge in [0.05, 0.1) is 7.11 Å². The Bertz CT molecular complexity index is 358. The lowest BCUT2D eigenvalue weighted by molar-refractivity contribution is 0.405. The number of rotatable bonds is 3. The van der Waals surface area contributed by atoms with E-state index < -0.39 is 11.6 Å². The molecule has 2 atom stereocenters. The van der Waals surface area contributed by atoms with Crippen molar-refractivity contribution in [2.75, 3.05) is 13.7 Å². The zero-order chi connectivity index (χ0) is 11.0. The average Bonchev–Trinajstić information content (AvgIpc) is 2.96. The van der Waals surface area contributed by atoms with Crippen molar-refractivity contribution in [3.8, 4) is 5.75 Å². The van der Waals surface area contributed by atoms with Gasteiger partial charge in [0.2, 0.25) is 0 Å². The summed E-state index contributed by atoms with van der Waals surface area (Å²) >= 11 is 0. The topological polar surface area (TPSA) is 35.2 Å². The fourth-order valence-corrected chi connectivity index (χ4v) is 1.89. The van der Waals surface area contributed by atoms with Crippen LogP contribution in [0.25, 0.3) is 0 Å². The number of ether oxygens (including phenoxy) is 1. The van der Waals surface area contributed by atoms with E-state index in [-0.39, 0.29) is 23.1 Å². The molecule has 2 N–H and O–H groups in total. The lowest BCUT2D eigenvalue weighted by Gasteiger charge is -2.06. The first-order valence-electron chi connectivity index (χ1n) is 4.90. The molecule has 1 fully saturated rings. The van der Waals surface area contributed by atoms with Gasteiger partial charge >= 0.3 is 0 Å². The van der Waals surface area contributed by atoms with Gasteiger partial charge in [-0.1, -0.05) is 0 Å². The second-order valence-corrected chi connectivity index (χ2v) is 3.84. The van der Waals surface area contributed by atoms with Crippen LogP contribution >= 0.6 is 0 Å². The van der Waals surface area contributed by atoms with Crippen LogP contribution in [0.4, 0.5) is 8.78 Å². The normalized spacial score (nSPS) is 24.0. The molecule has 0 radical (unpaired) electrons. The fourth-order valence-electron chi connectivity index (χ4n) is 1.89. The van der Waals surface area contributed by atoms with Crippen LogP contribution in [0.15, 0.2) is 12.1 Å². The molecule has 1 aliphatic rings. The van der Waals surface area contributed by atoms with Crippen molar-refractivity contribution >= 4 is 0 Å². The Kier molecular flexibility index (Phi) is 2.61. The van der Waals surface area contributed by atoms with Crippen molar-refractivity contribution < 1.29 is 13.5 Å². The minimum absolute atomic E-state index is 0.0547. The first-order chi connectivity index (χ1) is 7.17. The molecule has 1 aromatic rings. The van der Waals surface area contributed by atoms with E-state index in [2.05, 4.69) is 0 Å². The number of hydrogen-bond acceptors (Lipinski definition) is 2. The number of methoxy groups -OCH3 is 1. The standard InChI is InChI=1S/C11H13F2NO/c1-15-7-3-9(12)11(10(13)4-7)8-2-6(8)5-14/h3-4,6,8H,2,5,14H2,1H3/t6-,8+/m0/s1. The molecule has 4 heteroatoms. The molecule has 0 unspecified atom stereocenters. The van der Waals surface area contributed by atoms with Crippen LogP contribution in [0, 0.1) is 17.6 Å². The van der Waals surface area contributed by atoms with Crippen LogP contribution < -0.4 is 10.5 Å². The van der Waals surface area contributed by atoms with Gasteiger partial charge in [-0.05, 0) is 24.8 Å². The van der Waals surface area contributed by atoms with Crippen molar-refractivity contribution in [3.05, 3.63) is 29.3 Å². The second kappa shape index (κ2) is 3.77. The Balaban J connectivity index is 2.32. The van der Waals surface area contributed by atoms with Crippen LogP contribution in [0.1, 0.15) is 17.9 Å². The maximum atomic E-state index is 13.5. The molecule has 0 spiro atoms. The molecule has 0 amide bonds. The molecule has 1 saturated carbocycles. The fraction of sp³-hybridized carbons (Fsp3) is 0.455. The van der Waals surface area contributed by atoms with Crippen LogP contribution in [-0.4, -0.2) is 13.7 Å². The highest BCUT2D eigenvalue weighted by Crippen LogP contribution is 2.48. The van der Waals surface area contributed by atoms with Gasteiger partial charge in [-0.25, -0.2) is 8.78 Å². The van der Waals surface area contributed by atoms with Crippen LogP contribution in [0.5, 0.6) is 5.75 Å². The third kappa shape index (κ3) is 1.81. The van der Waals surface area contributed by atoms with E-state index in [0.717, 1.165) is 6.42 Å². The summed E-state index contributed by atoms with van der Waals surface area (Å²) in [6.07, 6.45) is 0.774. The predicted molar refractivity (Wildman–Crippen MR) is 52.8 cm³/mol. The number of halogens is 2.